The van der Waals surface area contributed by atoms with Crippen molar-refractivity contribution in [2.75, 3.05) is 33.4 Å². The Hall–Kier alpha value is -2.96. The number of rotatable bonds is 8. The van der Waals surface area contributed by atoms with Crippen LogP contribution in [0, 0.1) is 0 Å². The first-order chi connectivity index (χ1) is 15.0. The van der Waals surface area contributed by atoms with E-state index in [0.717, 1.165) is 32.7 Å². The van der Waals surface area contributed by atoms with E-state index in [-0.39, 0.29) is 5.41 Å². The van der Waals surface area contributed by atoms with Crippen LogP contribution in [-0.4, -0.2) is 60.4 Å². The molecule has 0 atom stereocenters. The van der Waals surface area contributed by atoms with E-state index in [0.29, 0.717) is 12.2 Å². The number of aliphatic carboxylic acids is 2. The summed E-state index contributed by atoms with van der Waals surface area (Å²) in [6, 6.07) is 22.1. The standard InChI is InChI=1S/C21H27NO.C4H4O4/c1-23-18-8-15-22-16-13-21(14-17-22,19-9-4-2-5-10-19)20-11-6-3-7-12-20;5-3(6)1-2-4(7)8/h2-7,9-12H,8,13-18H2,1H3;1-2H,(H,5,6)(H,7,8). The van der Waals surface area contributed by atoms with Gasteiger partial charge in [-0.1, -0.05) is 60.7 Å². The summed E-state index contributed by atoms with van der Waals surface area (Å²) in [6.07, 6.45) is 4.62. The van der Waals surface area contributed by atoms with Crippen molar-refractivity contribution in [3.8, 4) is 0 Å². The minimum Gasteiger partial charge on any atom is -0.478 e. The number of hydrogen-bond donors (Lipinski definition) is 2. The number of likely N-dealkylation sites (tertiary alicyclic amines) is 1. The molecule has 0 unspecified atom stereocenters. The van der Waals surface area contributed by atoms with Gasteiger partial charge in [-0.3, -0.25) is 0 Å². The SMILES string of the molecule is COCCCN1CCC(c2ccccc2)(c2ccccc2)CC1.O=C(O)C=CC(=O)O. The van der Waals surface area contributed by atoms with Gasteiger partial charge in [0.05, 0.1) is 0 Å². The average Bonchev–Trinajstić information content (AvgIpc) is 2.80. The van der Waals surface area contributed by atoms with Gasteiger partial charge < -0.3 is 19.8 Å². The smallest absolute Gasteiger partial charge is 0.328 e. The predicted molar refractivity (Wildman–Crippen MR) is 120 cm³/mol. The molecular formula is C25H31NO5. The molecule has 31 heavy (non-hydrogen) atoms. The summed E-state index contributed by atoms with van der Waals surface area (Å²) in [5.41, 5.74) is 3.09. The highest BCUT2D eigenvalue weighted by molar-refractivity contribution is 5.89. The summed E-state index contributed by atoms with van der Waals surface area (Å²) in [6.45, 7) is 4.33. The van der Waals surface area contributed by atoms with E-state index in [2.05, 4.69) is 65.6 Å². The van der Waals surface area contributed by atoms with Gasteiger partial charge in [-0.2, -0.15) is 0 Å². The molecule has 1 aliphatic rings. The second-order valence-electron chi connectivity index (χ2n) is 7.51. The van der Waals surface area contributed by atoms with Crippen molar-refractivity contribution in [1.82, 2.24) is 4.90 Å². The molecule has 1 heterocycles. The highest BCUT2D eigenvalue weighted by Crippen LogP contribution is 2.41. The van der Waals surface area contributed by atoms with Gasteiger partial charge in [-0.05, 0) is 43.5 Å². The van der Waals surface area contributed by atoms with Crippen LogP contribution in [0.15, 0.2) is 72.8 Å². The molecule has 0 aromatic heterocycles. The van der Waals surface area contributed by atoms with Gasteiger partial charge in [-0.25, -0.2) is 9.59 Å². The number of piperidine rings is 1. The van der Waals surface area contributed by atoms with Gasteiger partial charge >= 0.3 is 11.9 Å². The Labute approximate surface area is 183 Å². The van der Waals surface area contributed by atoms with Crippen LogP contribution >= 0.6 is 0 Å². The van der Waals surface area contributed by atoms with E-state index in [1.165, 1.54) is 24.0 Å². The van der Waals surface area contributed by atoms with E-state index in [9.17, 15) is 9.59 Å². The van der Waals surface area contributed by atoms with Crippen LogP contribution in [0.5, 0.6) is 0 Å². The van der Waals surface area contributed by atoms with Crippen LogP contribution < -0.4 is 0 Å². The highest BCUT2D eigenvalue weighted by Gasteiger charge is 2.37. The minimum atomic E-state index is -1.26. The topological polar surface area (TPSA) is 87.1 Å². The van der Waals surface area contributed by atoms with Crippen LogP contribution in [-0.2, 0) is 19.7 Å². The summed E-state index contributed by atoms with van der Waals surface area (Å²) >= 11 is 0. The van der Waals surface area contributed by atoms with Crippen molar-refractivity contribution in [3.05, 3.63) is 83.9 Å². The summed E-state index contributed by atoms with van der Waals surface area (Å²) in [5.74, 6) is -2.51. The lowest BCUT2D eigenvalue weighted by Gasteiger charge is -2.43. The molecule has 0 aliphatic carbocycles. The summed E-state index contributed by atoms with van der Waals surface area (Å²) in [4.78, 5) is 21.7. The molecule has 2 aromatic rings. The van der Waals surface area contributed by atoms with Gasteiger partial charge in [0.15, 0.2) is 0 Å². The number of nitrogens with zero attached hydrogens (tertiary/aromatic N) is 1. The normalized spacial score (nSPS) is 15.8. The Balaban J connectivity index is 0.000000366. The van der Waals surface area contributed by atoms with E-state index in [4.69, 9.17) is 14.9 Å². The monoisotopic (exact) mass is 425 g/mol. The van der Waals surface area contributed by atoms with E-state index >= 15 is 0 Å². The van der Waals surface area contributed by atoms with Crippen LogP contribution in [0.2, 0.25) is 0 Å². The van der Waals surface area contributed by atoms with Crippen molar-refractivity contribution in [2.45, 2.75) is 24.7 Å². The summed E-state index contributed by atoms with van der Waals surface area (Å²) < 4.78 is 5.19. The van der Waals surface area contributed by atoms with Crippen molar-refractivity contribution in [2.24, 2.45) is 0 Å². The third-order valence-corrected chi connectivity index (χ3v) is 5.55. The number of carboxylic acids is 2. The number of hydrogen-bond acceptors (Lipinski definition) is 4. The fraction of sp³-hybridized carbons (Fsp3) is 0.360. The Bertz CT molecular complexity index is 770. The van der Waals surface area contributed by atoms with Crippen LogP contribution in [0.3, 0.4) is 0 Å². The van der Waals surface area contributed by atoms with Crippen LogP contribution in [0.1, 0.15) is 30.4 Å². The second kappa shape index (κ2) is 12.7. The number of benzene rings is 2. The van der Waals surface area contributed by atoms with Crippen molar-refractivity contribution in [1.29, 1.82) is 0 Å². The first-order valence-electron chi connectivity index (χ1n) is 10.4. The van der Waals surface area contributed by atoms with Gasteiger partial charge in [0.2, 0.25) is 0 Å². The molecule has 3 rings (SSSR count). The fourth-order valence-corrected chi connectivity index (χ4v) is 3.99. The molecule has 0 amide bonds. The molecule has 1 fully saturated rings. The van der Waals surface area contributed by atoms with Crippen molar-refractivity contribution >= 4 is 11.9 Å². The van der Waals surface area contributed by atoms with Crippen LogP contribution in [0.25, 0.3) is 0 Å². The number of carbonyl (C=O) groups is 2. The maximum absolute atomic E-state index is 9.55. The number of ether oxygens (including phenoxy) is 1. The number of carboxylic acid groups (broad SMARTS) is 2. The third-order valence-electron chi connectivity index (χ3n) is 5.55. The second-order valence-corrected chi connectivity index (χ2v) is 7.51. The summed E-state index contributed by atoms with van der Waals surface area (Å²) in [5, 5.41) is 15.6. The quantitative estimate of drug-likeness (QED) is 0.494. The van der Waals surface area contributed by atoms with E-state index < -0.39 is 11.9 Å². The minimum absolute atomic E-state index is 0.167. The molecule has 1 aliphatic heterocycles. The molecule has 2 N–H and O–H groups in total. The lowest BCUT2D eigenvalue weighted by Crippen LogP contribution is -2.43. The Morgan fingerprint density at radius 2 is 1.35 bits per heavy atom. The van der Waals surface area contributed by atoms with Gasteiger partial charge in [0, 0.05) is 37.8 Å². The Kier molecular flexibility index (Phi) is 9.94. The zero-order valence-corrected chi connectivity index (χ0v) is 17.9. The predicted octanol–water partition coefficient (Wildman–Crippen LogP) is 3.82. The Morgan fingerprint density at radius 3 is 1.74 bits per heavy atom. The zero-order valence-electron chi connectivity index (χ0n) is 17.9. The highest BCUT2D eigenvalue weighted by atomic mass is 16.5. The lowest BCUT2D eigenvalue weighted by molar-refractivity contribution is -0.134. The molecule has 1 saturated heterocycles. The Morgan fingerprint density at radius 1 is 0.903 bits per heavy atom. The van der Waals surface area contributed by atoms with Gasteiger partial charge in [-0.15, -0.1) is 0 Å². The number of methoxy groups -OCH3 is 1. The molecule has 0 bridgehead atoms. The van der Waals surface area contributed by atoms with E-state index in [1.807, 2.05) is 0 Å². The first kappa shape index (κ1) is 24.3. The molecule has 6 heteroatoms. The zero-order chi connectivity index (χ0) is 22.5. The largest absolute Gasteiger partial charge is 0.478 e. The van der Waals surface area contributed by atoms with Gasteiger partial charge in [0.1, 0.15) is 0 Å². The molecule has 0 spiro atoms. The van der Waals surface area contributed by atoms with Crippen molar-refractivity contribution < 1.29 is 24.5 Å². The van der Waals surface area contributed by atoms with E-state index in [1.54, 1.807) is 7.11 Å². The maximum atomic E-state index is 9.55. The lowest BCUT2D eigenvalue weighted by atomic mass is 9.68. The maximum Gasteiger partial charge on any atom is 0.328 e. The van der Waals surface area contributed by atoms with Crippen LogP contribution in [0.4, 0.5) is 0 Å². The summed E-state index contributed by atoms with van der Waals surface area (Å²) in [7, 11) is 1.78. The molecule has 2 aromatic carbocycles. The first-order valence-corrected chi connectivity index (χ1v) is 10.4. The molecule has 0 saturated carbocycles. The van der Waals surface area contributed by atoms with Gasteiger partial charge in [0.25, 0.3) is 0 Å². The fourth-order valence-electron chi connectivity index (χ4n) is 3.99. The molecule has 6 nitrogen and oxygen atoms in total. The molecular weight excluding hydrogens is 394 g/mol. The molecule has 166 valence electrons. The van der Waals surface area contributed by atoms with Crippen molar-refractivity contribution in [3.63, 3.8) is 0 Å². The third kappa shape index (κ3) is 7.66. The average molecular weight is 426 g/mol. The molecule has 0 radical (unpaired) electrons.